The number of imidazole rings is 1. The summed E-state index contributed by atoms with van der Waals surface area (Å²) in [6.45, 7) is 4.98. The summed E-state index contributed by atoms with van der Waals surface area (Å²) >= 11 is 12.6. The number of benzene rings is 2. The summed E-state index contributed by atoms with van der Waals surface area (Å²) in [7, 11) is 0. The van der Waals surface area contributed by atoms with Crippen LogP contribution in [0.2, 0.25) is 10.0 Å². The molecule has 11 heteroatoms. The highest BCUT2D eigenvalue weighted by atomic mass is 35.5. The third kappa shape index (κ3) is 5.31. The molecule has 0 spiro atoms. The first-order valence-corrected chi connectivity index (χ1v) is 12.8. The zero-order chi connectivity index (χ0) is 26.0. The van der Waals surface area contributed by atoms with Gasteiger partial charge < -0.3 is 19.2 Å². The topological polar surface area (TPSA) is 96.2 Å². The first-order valence-electron chi connectivity index (χ1n) is 12.0. The van der Waals surface area contributed by atoms with E-state index in [1.807, 2.05) is 44.2 Å². The van der Waals surface area contributed by atoms with E-state index in [1.54, 1.807) is 29.1 Å². The number of ether oxygens (including phenoxy) is 3. The Morgan fingerprint density at radius 1 is 1.22 bits per heavy atom. The van der Waals surface area contributed by atoms with Crippen molar-refractivity contribution in [1.82, 2.24) is 24.3 Å². The van der Waals surface area contributed by atoms with Crippen molar-refractivity contribution in [1.29, 1.82) is 0 Å². The van der Waals surface area contributed by atoms with Gasteiger partial charge in [0.05, 0.1) is 23.7 Å². The second-order valence-corrected chi connectivity index (χ2v) is 9.68. The molecule has 3 heterocycles. The molecule has 5 rings (SSSR count). The van der Waals surface area contributed by atoms with Crippen LogP contribution in [0, 0.1) is 6.92 Å². The largest absolute Gasteiger partial charge is 0.491 e. The Labute approximate surface area is 223 Å². The van der Waals surface area contributed by atoms with Crippen molar-refractivity contribution in [2.45, 2.75) is 45.1 Å². The van der Waals surface area contributed by atoms with Gasteiger partial charge in [0, 0.05) is 29.5 Å². The molecule has 1 aliphatic rings. The maximum Gasteiger partial charge on any atom is 0.350 e. The number of halogens is 2. The lowest BCUT2D eigenvalue weighted by molar-refractivity contribution is -0.179. The van der Waals surface area contributed by atoms with Crippen LogP contribution < -0.4 is 10.4 Å². The smallest absolute Gasteiger partial charge is 0.350 e. The maximum absolute atomic E-state index is 12.7. The highest BCUT2D eigenvalue weighted by Crippen LogP contribution is 2.41. The standard InChI is InChI=1S/C26H27Cl2N5O4/c1-3-12-32-25(34)33(17(2)31-32)19-5-7-20(8-6-19)35-15-21-16-36-26(37-21,14-24-29-10-11-30-24)22-9-4-18(27)13-23(22)28/h4-11,13,21H,3,12,14-16H2,1-2H3,(H,29,30)/t21-,26-/m1/s1. The molecule has 0 aliphatic carbocycles. The van der Waals surface area contributed by atoms with Gasteiger partial charge >= 0.3 is 5.69 Å². The van der Waals surface area contributed by atoms with Crippen molar-refractivity contribution in [3.8, 4) is 11.4 Å². The average molecular weight is 544 g/mol. The van der Waals surface area contributed by atoms with Gasteiger partial charge in [-0.3, -0.25) is 0 Å². The zero-order valence-electron chi connectivity index (χ0n) is 20.5. The van der Waals surface area contributed by atoms with Crippen LogP contribution >= 0.6 is 23.2 Å². The van der Waals surface area contributed by atoms with Crippen molar-refractivity contribution in [2.24, 2.45) is 0 Å². The van der Waals surface area contributed by atoms with Crippen LogP contribution in [-0.4, -0.2) is 43.6 Å². The van der Waals surface area contributed by atoms with Crippen molar-refractivity contribution >= 4 is 23.2 Å². The summed E-state index contributed by atoms with van der Waals surface area (Å²) in [5.74, 6) is 0.856. The number of nitrogens with one attached hydrogen (secondary N) is 1. The van der Waals surface area contributed by atoms with Gasteiger partial charge in [-0.05, 0) is 49.7 Å². The number of nitrogens with zero attached hydrogens (tertiary/aromatic N) is 4. The van der Waals surface area contributed by atoms with E-state index in [2.05, 4.69) is 15.1 Å². The molecule has 1 N–H and O–H groups in total. The van der Waals surface area contributed by atoms with Gasteiger partial charge in [0.2, 0.25) is 5.79 Å². The van der Waals surface area contributed by atoms with E-state index >= 15 is 0 Å². The maximum atomic E-state index is 12.7. The van der Waals surface area contributed by atoms with Crippen molar-refractivity contribution in [3.05, 3.63) is 92.6 Å². The Kier molecular flexibility index (Phi) is 7.39. The van der Waals surface area contributed by atoms with Crippen LogP contribution in [0.4, 0.5) is 0 Å². The fourth-order valence-electron chi connectivity index (χ4n) is 4.44. The first-order chi connectivity index (χ1) is 17.9. The molecular weight excluding hydrogens is 517 g/mol. The van der Waals surface area contributed by atoms with Crippen molar-refractivity contribution in [3.63, 3.8) is 0 Å². The molecule has 1 aliphatic heterocycles. The van der Waals surface area contributed by atoms with Gasteiger partial charge in [-0.2, -0.15) is 5.10 Å². The molecule has 2 aromatic heterocycles. The molecule has 1 fully saturated rings. The minimum atomic E-state index is -1.13. The second-order valence-electron chi connectivity index (χ2n) is 8.83. The third-order valence-corrected chi connectivity index (χ3v) is 6.67. The monoisotopic (exact) mass is 543 g/mol. The molecule has 4 aromatic rings. The number of hydrogen-bond acceptors (Lipinski definition) is 6. The van der Waals surface area contributed by atoms with E-state index in [-0.39, 0.29) is 18.4 Å². The lowest BCUT2D eigenvalue weighted by Gasteiger charge is -2.29. The molecule has 1 saturated heterocycles. The van der Waals surface area contributed by atoms with Gasteiger partial charge in [0.1, 0.15) is 30.1 Å². The Balaban J connectivity index is 1.29. The van der Waals surface area contributed by atoms with Gasteiger partial charge in [0.15, 0.2) is 0 Å². The van der Waals surface area contributed by atoms with Gasteiger partial charge in [-0.1, -0.05) is 36.2 Å². The van der Waals surface area contributed by atoms with Crippen LogP contribution in [0.25, 0.3) is 5.69 Å². The molecule has 194 valence electrons. The molecule has 9 nitrogen and oxygen atoms in total. The summed E-state index contributed by atoms with van der Waals surface area (Å²) in [5, 5.41) is 5.32. The summed E-state index contributed by atoms with van der Waals surface area (Å²) < 4.78 is 21.7. The predicted octanol–water partition coefficient (Wildman–Crippen LogP) is 4.67. The molecule has 37 heavy (non-hydrogen) atoms. The van der Waals surface area contributed by atoms with E-state index in [0.717, 1.165) is 12.1 Å². The highest BCUT2D eigenvalue weighted by molar-refractivity contribution is 6.35. The van der Waals surface area contributed by atoms with Crippen LogP contribution in [-0.2, 0) is 28.2 Å². The zero-order valence-corrected chi connectivity index (χ0v) is 22.0. The number of hydrogen-bond donors (Lipinski definition) is 1. The average Bonchev–Trinajstić information content (AvgIpc) is 3.59. The molecule has 0 bridgehead atoms. The SMILES string of the molecule is CCCn1nc(C)n(-c2ccc(OC[C@@H]3CO[C@@](Cc4ncc[nH]4)(c4ccc(Cl)cc4Cl)O3)cc2)c1=O. The minimum absolute atomic E-state index is 0.154. The summed E-state index contributed by atoms with van der Waals surface area (Å²) in [6, 6.07) is 12.5. The Morgan fingerprint density at radius 3 is 2.73 bits per heavy atom. The molecule has 0 saturated carbocycles. The normalized spacial score (nSPS) is 19.4. The van der Waals surface area contributed by atoms with Crippen LogP contribution in [0.15, 0.2) is 59.7 Å². The third-order valence-electron chi connectivity index (χ3n) is 6.12. The molecular formula is C26H27Cl2N5O4. The Bertz CT molecular complexity index is 1420. The number of H-pyrrole nitrogens is 1. The van der Waals surface area contributed by atoms with Crippen molar-refractivity contribution < 1.29 is 14.2 Å². The number of aromatic amines is 1. The second kappa shape index (κ2) is 10.7. The highest BCUT2D eigenvalue weighted by Gasteiger charge is 2.45. The Morgan fingerprint density at radius 2 is 2.03 bits per heavy atom. The van der Waals surface area contributed by atoms with Gasteiger partial charge in [0.25, 0.3) is 0 Å². The predicted molar refractivity (Wildman–Crippen MR) is 140 cm³/mol. The van der Waals surface area contributed by atoms with E-state index in [9.17, 15) is 4.79 Å². The Hall–Kier alpha value is -3.11. The van der Waals surface area contributed by atoms with E-state index in [4.69, 9.17) is 37.4 Å². The first kappa shape index (κ1) is 25.5. The fraction of sp³-hybridized carbons (Fsp3) is 0.346. The van der Waals surface area contributed by atoms with Crippen LogP contribution in [0.5, 0.6) is 5.75 Å². The number of aryl methyl sites for hydroxylation is 2. The van der Waals surface area contributed by atoms with Crippen LogP contribution in [0.3, 0.4) is 0 Å². The quantitative estimate of drug-likeness (QED) is 0.329. The van der Waals surface area contributed by atoms with Crippen LogP contribution in [0.1, 0.15) is 30.6 Å². The van der Waals surface area contributed by atoms with E-state index in [0.29, 0.717) is 52.6 Å². The molecule has 0 amide bonds. The van der Waals surface area contributed by atoms with E-state index < -0.39 is 5.79 Å². The summed E-state index contributed by atoms with van der Waals surface area (Å²) in [4.78, 5) is 20.1. The van der Waals surface area contributed by atoms with Crippen molar-refractivity contribution in [2.75, 3.05) is 13.2 Å². The molecule has 0 radical (unpaired) electrons. The number of aromatic nitrogens is 5. The minimum Gasteiger partial charge on any atom is -0.491 e. The number of rotatable bonds is 9. The fourth-order valence-corrected chi connectivity index (χ4v) is 4.99. The lowest BCUT2D eigenvalue weighted by atomic mass is 10.0. The summed E-state index contributed by atoms with van der Waals surface area (Å²) in [5.41, 5.74) is 1.25. The lowest BCUT2D eigenvalue weighted by Crippen LogP contribution is -2.33. The van der Waals surface area contributed by atoms with Gasteiger partial charge in [-0.15, -0.1) is 0 Å². The van der Waals surface area contributed by atoms with Gasteiger partial charge in [-0.25, -0.2) is 19.0 Å². The van der Waals surface area contributed by atoms with E-state index in [1.165, 1.54) is 4.68 Å². The molecule has 2 aromatic carbocycles. The molecule has 2 atom stereocenters. The summed E-state index contributed by atoms with van der Waals surface area (Å²) in [6.07, 6.45) is 4.25. The molecule has 0 unspecified atom stereocenters.